The van der Waals surface area contributed by atoms with Gasteiger partial charge in [-0.25, -0.2) is 17.2 Å². The molecule has 0 heterocycles. The van der Waals surface area contributed by atoms with Crippen molar-refractivity contribution in [3.8, 4) is 5.75 Å². The lowest BCUT2D eigenvalue weighted by molar-refractivity contribution is -0.118. The van der Waals surface area contributed by atoms with Gasteiger partial charge in [-0.1, -0.05) is 0 Å². The zero-order valence-electron chi connectivity index (χ0n) is 12.0. The molecule has 0 aliphatic heterocycles. The zero-order chi connectivity index (χ0) is 17.0. The minimum absolute atomic E-state index is 0.125. The third kappa shape index (κ3) is 4.75. The SMILES string of the molecule is CS(=O)(=O)c1ccc(NC(=O)COc2ccc(F)cc2F)cc1. The van der Waals surface area contributed by atoms with E-state index < -0.39 is 34.0 Å². The number of nitrogens with one attached hydrogen (secondary N) is 1. The van der Waals surface area contributed by atoms with Gasteiger partial charge in [-0.2, -0.15) is 0 Å². The molecule has 2 rings (SSSR count). The van der Waals surface area contributed by atoms with Crippen LogP contribution in [0.5, 0.6) is 5.75 Å². The molecule has 0 unspecified atom stereocenters. The van der Waals surface area contributed by atoms with Gasteiger partial charge in [0.15, 0.2) is 28.0 Å². The Labute approximate surface area is 131 Å². The second kappa shape index (κ2) is 6.74. The van der Waals surface area contributed by atoms with E-state index in [1.54, 1.807) is 0 Å². The Morgan fingerprint density at radius 3 is 2.35 bits per heavy atom. The van der Waals surface area contributed by atoms with Crippen LogP contribution in [-0.4, -0.2) is 27.2 Å². The van der Waals surface area contributed by atoms with E-state index in [0.717, 1.165) is 18.4 Å². The first kappa shape index (κ1) is 16.9. The summed E-state index contributed by atoms with van der Waals surface area (Å²) in [5, 5.41) is 2.47. The first-order chi connectivity index (χ1) is 10.8. The van der Waals surface area contributed by atoms with Crippen molar-refractivity contribution < 1.29 is 26.7 Å². The highest BCUT2D eigenvalue weighted by atomic mass is 32.2. The number of carbonyl (C=O) groups is 1. The largest absolute Gasteiger partial charge is 0.481 e. The molecule has 0 aliphatic rings. The lowest BCUT2D eigenvalue weighted by atomic mass is 10.3. The molecule has 0 fully saturated rings. The molecule has 0 bridgehead atoms. The first-order valence-corrected chi connectivity index (χ1v) is 8.32. The highest BCUT2D eigenvalue weighted by Gasteiger charge is 2.10. The summed E-state index contributed by atoms with van der Waals surface area (Å²) in [6.07, 6.45) is 1.08. The normalized spacial score (nSPS) is 11.1. The molecule has 0 aromatic heterocycles. The Kier molecular flexibility index (Phi) is 4.95. The fourth-order valence-corrected chi connectivity index (χ4v) is 2.35. The van der Waals surface area contributed by atoms with Gasteiger partial charge in [0.25, 0.3) is 5.91 Å². The van der Waals surface area contributed by atoms with Crippen molar-refractivity contribution in [2.45, 2.75) is 4.90 Å². The van der Waals surface area contributed by atoms with Crippen molar-refractivity contribution in [1.29, 1.82) is 0 Å². The van der Waals surface area contributed by atoms with Gasteiger partial charge in [0.2, 0.25) is 0 Å². The molecule has 8 heteroatoms. The predicted octanol–water partition coefficient (Wildman–Crippen LogP) is 2.39. The standard InChI is InChI=1S/C15H13F2NO4S/c1-23(20,21)12-5-3-11(4-6-12)18-15(19)9-22-14-7-2-10(16)8-13(14)17/h2-8H,9H2,1H3,(H,18,19). The fraction of sp³-hybridized carbons (Fsp3) is 0.133. The monoisotopic (exact) mass is 341 g/mol. The average molecular weight is 341 g/mol. The molecule has 0 aliphatic carbocycles. The number of carbonyl (C=O) groups excluding carboxylic acids is 1. The van der Waals surface area contributed by atoms with Crippen LogP contribution < -0.4 is 10.1 Å². The summed E-state index contributed by atoms with van der Waals surface area (Å²) in [5.41, 5.74) is 0.366. The molecule has 1 amide bonds. The van der Waals surface area contributed by atoms with Crippen LogP contribution in [0.3, 0.4) is 0 Å². The van der Waals surface area contributed by atoms with Gasteiger partial charge in [-0.3, -0.25) is 4.79 Å². The van der Waals surface area contributed by atoms with Crippen LogP contribution in [0.4, 0.5) is 14.5 Å². The summed E-state index contributed by atoms with van der Waals surface area (Å²) < 4.78 is 53.6. The Morgan fingerprint density at radius 1 is 1.13 bits per heavy atom. The molecule has 1 N–H and O–H groups in total. The minimum Gasteiger partial charge on any atom is -0.481 e. The molecule has 5 nitrogen and oxygen atoms in total. The Balaban J connectivity index is 1.94. The molecule has 2 aromatic carbocycles. The van der Waals surface area contributed by atoms with Crippen LogP contribution in [-0.2, 0) is 14.6 Å². The third-order valence-corrected chi connectivity index (χ3v) is 3.95. The van der Waals surface area contributed by atoms with E-state index in [1.807, 2.05) is 0 Å². The molecule has 0 radical (unpaired) electrons. The van der Waals surface area contributed by atoms with Crippen molar-refractivity contribution in [1.82, 2.24) is 0 Å². The summed E-state index contributed by atoms with van der Waals surface area (Å²) in [4.78, 5) is 11.8. The summed E-state index contributed by atoms with van der Waals surface area (Å²) in [6.45, 7) is -0.476. The van der Waals surface area contributed by atoms with Crippen LogP contribution in [0.1, 0.15) is 0 Å². The maximum Gasteiger partial charge on any atom is 0.262 e. The smallest absolute Gasteiger partial charge is 0.262 e. The number of halogens is 2. The van der Waals surface area contributed by atoms with Crippen LogP contribution in [0, 0.1) is 11.6 Å². The van der Waals surface area contributed by atoms with E-state index >= 15 is 0 Å². The summed E-state index contributed by atoms with van der Waals surface area (Å²) in [5.74, 6) is -2.46. The maximum absolute atomic E-state index is 13.3. The molecule has 0 saturated carbocycles. The Morgan fingerprint density at radius 2 is 1.78 bits per heavy atom. The van der Waals surface area contributed by atoms with Crippen LogP contribution in [0.2, 0.25) is 0 Å². The molecule has 0 spiro atoms. The quantitative estimate of drug-likeness (QED) is 0.906. The molecular weight excluding hydrogens is 328 g/mol. The van der Waals surface area contributed by atoms with E-state index in [4.69, 9.17) is 4.74 Å². The lowest BCUT2D eigenvalue weighted by Gasteiger charge is -2.08. The topological polar surface area (TPSA) is 72.5 Å². The van der Waals surface area contributed by atoms with E-state index in [9.17, 15) is 22.0 Å². The highest BCUT2D eigenvalue weighted by Crippen LogP contribution is 2.18. The number of hydrogen-bond acceptors (Lipinski definition) is 4. The number of hydrogen-bond donors (Lipinski definition) is 1. The molecule has 122 valence electrons. The van der Waals surface area contributed by atoms with Gasteiger partial charge in [0, 0.05) is 18.0 Å². The first-order valence-electron chi connectivity index (χ1n) is 6.43. The van der Waals surface area contributed by atoms with Crippen molar-refractivity contribution in [2.24, 2.45) is 0 Å². The Hall–Kier alpha value is -2.48. The van der Waals surface area contributed by atoms with Crippen molar-refractivity contribution in [3.63, 3.8) is 0 Å². The Bertz CT molecular complexity index is 820. The molecule has 0 saturated heterocycles. The number of rotatable bonds is 5. The van der Waals surface area contributed by atoms with Crippen molar-refractivity contribution >= 4 is 21.4 Å². The molecule has 2 aromatic rings. The number of amides is 1. The number of benzene rings is 2. The average Bonchev–Trinajstić information content (AvgIpc) is 2.46. The van der Waals surface area contributed by atoms with Crippen molar-refractivity contribution in [3.05, 3.63) is 54.1 Å². The number of anilines is 1. The predicted molar refractivity (Wildman–Crippen MR) is 80.0 cm³/mol. The summed E-state index contributed by atoms with van der Waals surface area (Å²) >= 11 is 0. The summed E-state index contributed by atoms with van der Waals surface area (Å²) in [7, 11) is -3.31. The zero-order valence-corrected chi connectivity index (χ0v) is 12.9. The van der Waals surface area contributed by atoms with Crippen molar-refractivity contribution in [2.75, 3.05) is 18.2 Å². The number of sulfone groups is 1. The maximum atomic E-state index is 13.3. The summed E-state index contributed by atoms with van der Waals surface area (Å²) in [6, 6.07) is 8.30. The van der Waals surface area contributed by atoms with Gasteiger partial charge in [-0.15, -0.1) is 0 Å². The molecule has 23 heavy (non-hydrogen) atoms. The van der Waals surface area contributed by atoms with E-state index in [-0.39, 0.29) is 10.6 Å². The third-order valence-electron chi connectivity index (χ3n) is 2.82. The van der Waals surface area contributed by atoms with Gasteiger partial charge in [-0.05, 0) is 36.4 Å². The van der Waals surface area contributed by atoms with Gasteiger partial charge in [0.05, 0.1) is 4.90 Å². The van der Waals surface area contributed by atoms with Gasteiger partial charge < -0.3 is 10.1 Å². The highest BCUT2D eigenvalue weighted by molar-refractivity contribution is 7.90. The van der Waals surface area contributed by atoms with Crippen LogP contribution in [0.25, 0.3) is 0 Å². The van der Waals surface area contributed by atoms with E-state index in [1.165, 1.54) is 24.3 Å². The second-order valence-corrected chi connectivity index (χ2v) is 6.72. The van der Waals surface area contributed by atoms with Crippen LogP contribution >= 0.6 is 0 Å². The van der Waals surface area contributed by atoms with E-state index in [2.05, 4.69) is 5.32 Å². The van der Waals surface area contributed by atoms with Crippen LogP contribution in [0.15, 0.2) is 47.4 Å². The molecular formula is C15H13F2NO4S. The van der Waals surface area contributed by atoms with E-state index in [0.29, 0.717) is 11.8 Å². The fourth-order valence-electron chi connectivity index (χ4n) is 1.72. The van der Waals surface area contributed by atoms with Gasteiger partial charge >= 0.3 is 0 Å². The second-order valence-electron chi connectivity index (χ2n) is 4.71. The lowest BCUT2D eigenvalue weighted by Crippen LogP contribution is -2.20. The van der Waals surface area contributed by atoms with Gasteiger partial charge in [0.1, 0.15) is 5.82 Å². The minimum atomic E-state index is -3.31. The number of ether oxygens (including phenoxy) is 1. The molecule has 0 atom stereocenters.